The van der Waals surface area contributed by atoms with Gasteiger partial charge in [-0.05, 0) is 59.2 Å². The molecule has 4 aromatic carbocycles. The molecule has 0 aromatic heterocycles. The molecule has 0 aliphatic rings. The lowest BCUT2D eigenvalue weighted by Gasteiger charge is -2.17. The van der Waals surface area contributed by atoms with Crippen LogP contribution in [0.25, 0.3) is 0 Å². The first-order chi connectivity index (χ1) is 18.5. The summed E-state index contributed by atoms with van der Waals surface area (Å²) >= 11 is 0. The van der Waals surface area contributed by atoms with Gasteiger partial charge in [-0.2, -0.15) is 5.10 Å². The lowest BCUT2D eigenvalue weighted by atomic mass is 9.90. The number of ether oxygens (including phenoxy) is 1. The monoisotopic (exact) mass is 509 g/mol. The van der Waals surface area contributed by atoms with Gasteiger partial charge < -0.3 is 10.1 Å². The number of hydrazone groups is 1. The molecule has 4 aromatic rings. The Labute approximate surface area is 219 Å². The largest absolute Gasteiger partial charge is 0.423 e. The highest BCUT2D eigenvalue weighted by molar-refractivity contribution is 5.92. The van der Waals surface area contributed by atoms with E-state index in [0.717, 1.165) is 17.2 Å². The van der Waals surface area contributed by atoms with Crippen LogP contribution in [-0.4, -0.2) is 30.5 Å². The molecule has 2 amide bonds. The molecule has 4 rings (SSSR count). The second kappa shape index (κ2) is 12.7. The van der Waals surface area contributed by atoms with Crippen molar-refractivity contribution in [2.45, 2.75) is 5.92 Å². The quantitative estimate of drug-likeness (QED) is 0.151. The van der Waals surface area contributed by atoms with E-state index in [1.54, 1.807) is 24.3 Å². The zero-order valence-electron chi connectivity index (χ0n) is 20.2. The minimum absolute atomic E-state index is 0.101. The van der Waals surface area contributed by atoms with Gasteiger partial charge in [-0.1, -0.05) is 66.7 Å². The van der Waals surface area contributed by atoms with E-state index in [0.29, 0.717) is 5.56 Å². The summed E-state index contributed by atoms with van der Waals surface area (Å²) in [5.74, 6) is -2.28. The zero-order chi connectivity index (χ0) is 26.7. The summed E-state index contributed by atoms with van der Waals surface area (Å²) in [6.07, 6.45) is 1.41. The van der Waals surface area contributed by atoms with Crippen molar-refractivity contribution in [1.82, 2.24) is 10.7 Å². The molecule has 0 heterocycles. The number of halogens is 1. The number of amides is 2. The van der Waals surface area contributed by atoms with E-state index >= 15 is 0 Å². The second-order valence-corrected chi connectivity index (χ2v) is 8.23. The van der Waals surface area contributed by atoms with Gasteiger partial charge in [0.25, 0.3) is 5.91 Å². The zero-order valence-corrected chi connectivity index (χ0v) is 20.2. The lowest BCUT2D eigenvalue weighted by molar-refractivity contribution is -0.126. The number of carbonyl (C=O) groups excluding carboxylic acids is 3. The summed E-state index contributed by atoms with van der Waals surface area (Å²) in [6, 6.07) is 30.3. The van der Waals surface area contributed by atoms with E-state index in [1.807, 2.05) is 60.7 Å². The number of esters is 1. The van der Waals surface area contributed by atoms with Crippen LogP contribution in [0.15, 0.2) is 114 Å². The maximum Gasteiger partial charge on any atom is 0.343 e. The van der Waals surface area contributed by atoms with Crippen LogP contribution < -0.4 is 15.5 Å². The summed E-state index contributed by atoms with van der Waals surface area (Å²) in [4.78, 5) is 37.3. The molecule has 0 spiro atoms. The van der Waals surface area contributed by atoms with Crippen molar-refractivity contribution in [2.75, 3.05) is 6.54 Å². The standard InChI is InChI=1S/C30H24FN3O4/c31-25-13-7-12-24(18-25)30(37)38-26-16-14-21(15-17-26)19-33-34-27(35)20-32-29(36)28(22-8-3-1-4-9-22)23-10-5-2-6-11-23/h1-19,28H,20H2,(H,32,36)(H,34,35)/b33-19-. The van der Waals surface area contributed by atoms with Crippen LogP contribution in [0.1, 0.15) is 33.0 Å². The van der Waals surface area contributed by atoms with E-state index < -0.39 is 23.6 Å². The molecule has 7 nitrogen and oxygen atoms in total. The van der Waals surface area contributed by atoms with Crippen LogP contribution in [0.4, 0.5) is 4.39 Å². The Hall–Kier alpha value is -5.11. The normalized spacial score (nSPS) is 10.8. The van der Waals surface area contributed by atoms with Crippen LogP contribution in [-0.2, 0) is 9.59 Å². The van der Waals surface area contributed by atoms with Crippen molar-refractivity contribution in [3.8, 4) is 5.75 Å². The highest BCUT2D eigenvalue weighted by Crippen LogP contribution is 2.24. The minimum Gasteiger partial charge on any atom is -0.423 e. The van der Waals surface area contributed by atoms with Crippen LogP contribution in [0.3, 0.4) is 0 Å². The molecule has 0 atom stereocenters. The maximum atomic E-state index is 13.3. The number of hydrogen-bond acceptors (Lipinski definition) is 5. The van der Waals surface area contributed by atoms with Crippen molar-refractivity contribution in [3.05, 3.63) is 137 Å². The summed E-state index contributed by atoms with van der Waals surface area (Å²) in [5.41, 5.74) is 4.75. The summed E-state index contributed by atoms with van der Waals surface area (Å²) < 4.78 is 18.5. The number of nitrogens with zero attached hydrogens (tertiary/aromatic N) is 1. The van der Waals surface area contributed by atoms with Crippen molar-refractivity contribution >= 4 is 24.0 Å². The summed E-state index contributed by atoms with van der Waals surface area (Å²) in [7, 11) is 0. The Morgan fingerprint density at radius 1 is 0.816 bits per heavy atom. The van der Waals surface area contributed by atoms with Gasteiger partial charge in [0.15, 0.2) is 0 Å². The third-order valence-electron chi connectivity index (χ3n) is 5.51. The van der Waals surface area contributed by atoms with E-state index in [2.05, 4.69) is 15.8 Å². The Balaban J connectivity index is 1.28. The molecule has 38 heavy (non-hydrogen) atoms. The number of nitrogens with one attached hydrogen (secondary N) is 2. The molecule has 0 saturated heterocycles. The van der Waals surface area contributed by atoms with Crippen molar-refractivity contribution < 1.29 is 23.5 Å². The Bertz CT molecular complexity index is 1390. The fourth-order valence-electron chi connectivity index (χ4n) is 3.68. The fourth-order valence-corrected chi connectivity index (χ4v) is 3.68. The number of hydrogen-bond donors (Lipinski definition) is 2. The highest BCUT2D eigenvalue weighted by atomic mass is 19.1. The highest BCUT2D eigenvalue weighted by Gasteiger charge is 2.22. The van der Waals surface area contributed by atoms with Gasteiger partial charge in [0.1, 0.15) is 11.6 Å². The van der Waals surface area contributed by atoms with Crippen molar-refractivity contribution in [1.29, 1.82) is 0 Å². The molecule has 0 aliphatic heterocycles. The fraction of sp³-hybridized carbons (Fsp3) is 0.0667. The average molecular weight is 510 g/mol. The van der Waals surface area contributed by atoms with Crippen molar-refractivity contribution in [2.24, 2.45) is 5.10 Å². The van der Waals surface area contributed by atoms with Gasteiger partial charge in [-0.25, -0.2) is 14.6 Å². The summed E-state index contributed by atoms with van der Waals surface area (Å²) in [5, 5.41) is 6.58. The number of carbonyl (C=O) groups is 3. The average Bonchev–Trinajstić information content (AvgIpc) is 2.94. The number of benzene rings is 4. The topological polar surface area (TPSA) is 96.9 Å². The van der Waals surface area contributed by atoms with E-state index in [9.17, 15) is 18.8 Å². The van der Waals surface area contributed by atoms with Gasteiger partial charge in [0.2, 0.25) is 5.91 Å². The van der Waals surface area contributed by atoms with Gasteiger partial charge in [0, 0.05) is 0 Å². The lowest BCUT2D eigenvalue weighted by Crippen LogP contribution is -2.37. The molecule has 2 N–H and O–H groups in total. The third kappa shape index (κ3) is 7.20. The molecule has 0 fully saturated rings. The molecule has 0 unspecified atom stereocenters. The van der Waals surface area contributed by atoms with Crippen LogP contribution in [0, 0.1) is 5.82 Å². The third-order valence-corrected chi connectivity index (χ3v) is 5.51. The molecule has 0 radical (unpaired) electrons. The minimum atomic E-state index is -0.679. The predicted molar refractivity (Wildman–Crippen MR) is 141 cm³/mol. The second-order valence-electron chi connectivity index (χ2n) is 8.23. The maximum absolute atomic E-state index is 13.3. The van der Waals surface area contributed by atoms with Gasteiger partial charge in [-0.15, -0.1) is 0 Å². The Morgan fingerprint density at radius 2 is 1.45 bits per heavy atom. The smallest absolute Gasteiger partial charge is 0.343 e. The molecule has 8 heteroatoms. The van der Waals surface area contributed by atoms with Gasteiger partial charge >= 0.3 is 5.97 Å². The van der Waals surface area contributed by atoms with E-state index in [-0.39, 0.29) is 23.8 Å². The van der Waals surface area contributed by atoms with E-state index in [1.165, 1.54) is 24.4 Å². The Morgan fingerprint density at radius 3 is 2.05 bits per heavy atom. The first-order valence-corrected chi connectivity index (χ1v) is 11.8. The SMILES string of the molecule is O=C(CNC(=O)C(c1ccccc1)c1ccccc1)N/N=C\c1ccc(OC(=O)c2cccc(F)c2)cc1. The molecular weight excluding hydrogens is 485 g/mol. The van der Waals surface area contributed by atoms with E-state index in [4.69, 9.17) is 4.74 Å². The summed E-state index contributed by atoms with van der Waals surface area (Å²) in [6.45, 7) is -0.249. The van der Waals surface area contributed by atoms with Crippen LogP contribution >= 0.6 is 0 Å². The predicted octanol–water partition coefficient (Wildman–Crippen LogP) is 4.44. The Kier molecular flexibility index (Phi) is 8.70. The molecule has 0 saturated carbocycles. The molecule has 190 valence electrons. The number of rotatable bonds is 9. The van der Waals surface area contributed by atoms with Crippen LogP contribution in [0.2, 0.25) is 0 Å². The first-order valence-electron chi connectivity index (χ1n) is 11.8. The van der Waals surface area contributed by atoms with Gasteiger partial charge in [0.05, 0.1) is 24.2 Å². The molecular formula is C30H24FN3O4. The first kappa shape index (κ1) is 26.0. The molecule has 0 bridgehead atoms. The molecule has 0 aliphatic carbocycles. The van der Waals surface area contributed by atoms with Gasteiger partial charge in [-0.3, -0.25) is 9.59 Å². The van der Waals surface area contributed by atoms with Crippen LogP contribution in [0.5, 0.6) is 5.75 Å². The van der Waals surface area contributed by atoms with Crippen molar-refractivity contribution in [3.63, 3.8) is 0 Å².